The normalized spacial score (nSPS) is 13.7. The minimum absolute atomic E-state index is 0.119. The van der Waals surface area contributed by atoms with Crippen LogP contribution in [0.2, 0.25) is 0 Å². The minimum Gasteiger partial charge on any atom is -0.370 e. The quantitative estimate of drug-likeness (QED) is 0.755. The van der Waals surface area contributed by atoms with Crippen LogP contribution in [0.15, 0.2) is 48.8 Å². The number of aromatic nitrogens is 4. The van der Waals surface area contributed by atoms with Crippen molar-refractivity contribution in [3.05, 3.63) is 59.9 Å². The minimum atomic E-state index is -0.119. The molecule has 3 aromatic rings. The molecular formula is C20H22N6O. The summed E-state index contributed by atoms with van der Waals surface area (Å²) in [5.74, 6) is -0.119. The molecule has 4 rings (SSSR count). The lowest BCUT2D eigenvalue weighted by Crippen LogP contribution is -2.21. The summed E-state index contributed by atoms with van der Waals surface area (Å²) in [6.45, 7) is 4.10. The highest BCUT2D eigenvalue weighted by Gasteiger charge is 2.18. The van der Waals surface area contributed by atoms with Crippen LogP contribution in [0.1, 0.15) is 35.7 Å². The lowest BCUT2D eigenvalue weighted by Gasteiger charge is -2.22. The molecule has 2 aromatic carbocycles. The largest absolute Gasteiger partial charge is 0.370 e. The van der Waals surface area contributed by atoms with E-state index in [9.17, 15) is 4.79 Å². The van der Waals surface area contributed by atoms with Crippen LogP contribution < -0.4 is 10.2 Å². The fraction of sp³-hybridized carbons (Fsp3) is 0.300. The van der Waals surface area contributed by atoms with Gasteiger partial charge in [0.25, 0.3) is 5.91 Å². The van der Waals surface area contributed by atoms with Gasteiger partial charge in [0.05, 0.1) is 17.1 Å². The van der Waals surface area contributed by atoms with Crippen molar-refractivity contribution in [2.45, 2.75) is 26.2 Å². The molecule has 138 valence electrons. The van der Waals surface area contributed by atoms with E-state index in [1.54, 1.807) is 11.0 Å². The zero-order chi connectivity index (χ0) is 18.6. The molecule has 0 radical (unpaired) electrons. The van der Waals surface area contributed by atoms with Crippen molar-refractivity contribution < 1.29 is 4.79 Å². The molecule has 2 heterocycles. The number of carbonyl (C=O) groups excluding carboxylic acids is 1. The summed E-state index contributed by atoms with van der Waals surface area (Å²) in [5, 5.41) is 14.4. The average Bonchev–Trinajstić information content (AvgIpc) is 3.42. The second-order valence-electron chi connectivity index (χ2n) is 6.65. The summed E-state index contributed by atoms with van der Waals surface area (Å²) in [5.41, 5.74) is 4.47. The standard InChI is InChI=1S/C20H22N6O/c1-2-15-5-7-16(8-6-15)20(27)22-18-13-17(26-14-21-23-24-26)9-10-19(18)25-11-3-4-12-25/h5-10,13-14H,2-4,11-12H2,1H3,(H,22,27). The zero-order valence-corrected chi connectivity index (χ0v) is 15.3. The molecule has 0 bridgehead atoms. The third-order valence-corrected chi connectivity index (χ3v) is 4.91. The third-order valence-electron chi connectivity index (χ3n) is 4.91. The molecule has 1 aliphatic heterocycles. The number of nitrogens with one attached hydrogen (secondary N) is 1. The van der Waals surface area contributed by atoms with Gasteiger partial charge in [0.1, 0.15) is 6.33 Å². The van der Waals surface area contributed by atoms with Gasteiger partial charge in [-0.1, -0.05) is 19.1 Å². The Hall–Kier alpha value is -3.22. The van der Waals surface area contributed by atoms with Gasteiger partial charge in [0.15, 0.2) is 0 Å². The van der Waals surface area contributed by atoms with E-state index in [2.05, 4.69) is 32.7 Å². The Labute approximate surface area is 158 Å². The van der Waals surface area contributed by atoms with Crippen LogP contribution in [-0.4, -0.2) is 39.2 Å². The lowest BCUT2D eigenvalue weighted by molar-refractivity contribution is 0.102. The van der Waals surface area contributed by atoms with Crippen LogP contribution in [0.4, 0.5) is 11.4 Å². The van der Waals surface area contributed by atoms with Crippen molar-refractivity contribution in [2.24, 2.45) is 0 Å². The number of benzene rings is 2. The summed E-state index contributed by atoms with van der Waals surface area (Å²) in [4.78, 5) is 15.1. The van der Waals surface area contributed by atoms with E-state index in [1.165, 1.54) is 18.4 Å². The smallest absolute Gasteiger partial charge is 0.255 e. The fourth-order valence-electron chi connectivity index (χ4n) is 3.37. The first-order chi connectivity index (χ1) is 13.2. The summed E-state index contributed by atoms with van der Waals surface area (Å²) < 4.78 is 1.58. The molecule has 0 unspecified atom stereocenters. The van der Waals surface area contributed by atoms with Crippen molar-refractivity contribution in [3.8, 4) is 5.69 Å². The molecule has 27 heavy (non-hydrogen) atoms. The van der Waals surface area contributed by atoms with Crippen molar-refractivity contribution in [1.82, 2.24) is 20.2 Å². The SMILES string of the molecule is CCc1ccc(C(=O)Nc2cc(-n3cnnn3)ccc2N2CCCC2)cc1. The maximum absolute atomic E-state index is 12.8. The van der Waals surface area contributed by atoms with Crippen molar-refractivity contribution >= 4 is 17.3 Å². The second kappa shape index (κ2) is 7.57. The summed E-state index contributed by atoms with van der Waals surface area (Å²) >= 11 is 0. The van der Waals surface area contributed by atoms with Crippen molar-refractivity contribution in [2.75, 3.05) is 23.3 Å². The molecule has 1 fully saturated rings. The number of hydrogen-bond donors (Lipinski definition) is 1. The van der Waals surface area contributed by atoms with Crippen LogP contribution in [0.25, 0.3) is 5.69 Å². The van der Waals surface area contributed by atoms with Gasteiger partial charge in [-0.15, -0.1) is 5.10 Å². The molecule has 7 heteroatoms. The molecule has 0 saturated carbocycles. The number of amides is 1. The van der Waals surface area contributed by atoms with Gasteiger partial charge in [-0.05, 0) is 65.6 Å². The first-order valence-corrected chi connectivity index (χ1v) is 9.27. The number of tetrazole rings is 1. The average molecular weight is 362 g/mol. The number of aryl methyl sites for hydroxylation is 1. The first-order valence-electron chi connectivity index (χ1n) is 9.27. The fourth-order valence-corrected chi connectivity index (χ4v) is 3.37. The van der Waals surface area contributed by atoms with E-state index in [0.29, 0.717) is 5.56 Å². The van der Waals surface area contributed by atoms with Gasteiger partial charge in [-0.25, -0.2) is 4.68 Å². The Morgan fingerprint density at radius 2 is 1.89 bits per heavy atom. The summed E-state index contributed by atoms with van der Waals surface area (Å²) in [7, 11) is 0. The molecule has 1 saturated heterocycles. The van der Waals surface area contributed by atoms with Crippen LogP contribution in [0, 0.1) is 0 Å². The maximum atomic E-state index is 12.8. The lowest BCUT2D eigenvalue weighted by atomic mass is 10.1. The zero-order valence-electron chi connectivity index (χ0n) is 15.3. The first kappa shape index (κ1) is 17.2. The second-order valence-corrected chi connectivity index (χ2v) is 6.65. The van der Waals surface area contributed by atoms with Gasteiger partial charge in [0, 0.05) is 18.7 Å². The van der Waals surface area contributed by atoms with Crippen LogP contribution in [0.3, 0.4) is 0 Å². The van der Waals surface area contributed by atoms with Gasteiger partial charge < -0.3 is 10.2 Å². The molecule has 7 nitrogen and oxygen atoms in total. The van der Waals surface area contributed by atoms with Crippen LogP contribution >= 0.6 is 0 Å². The highest BCUT2D eigenvalue weighted by atomic mass is 16.1. The maximum Gasteiger partial charge on any atom is 0.255 e. The van der Waals surface area contributed by atoms with Gasteiger partial charge in [-0.3, -0.25) is 4.79 Å². The predicted octanol–water partition coefficient (Wildman–Crippen LogP) is 3.08. The molecule has 0 spiro atoms. The molecule has 1 N–H and O–H groups in total. The van der Waals surface area contributed by atoms with E-state index in [-0.39, 0.29) is 5.91 Å². The number of rotatable bonds is 5. The number of carbonyl (C=O) groups is 1. The van der Waals surface area contributed by atoms with Gasteiger partial charge in [0.2, 0.25) is 0 Å². The molecule has 1 aliphatic rings. The number of nitrogens with zero attached hydrogens (tertiary/aromatic N) is 5. The monoisotopic (exact) mass is 362 g/mol. The van der Waals surface area contributed by atoms with E-state index < -0.39 is 0 Å². The molecule has 1 amide bonds. The van der Waals surface area contributed by atoms with E-state index in [0.717, 1.165) is 36.6 Å². The third kappa shape index (κ3) is 3.67. The predicted molar refractivity (Wildman–Crippen MR) is 104 cm³/mol. The Morgan fingerprint density at radius 3 is 2.56 bits per heavy atom. The number of anilines is 2. The highest BCUT2D eigenvalue weighted by molar-refractivity contribution is 6.06. The van der Waals surface area contributed by atoms with E-state index >= 15 is 0 Å². The molecule has 0 atom stereocenters. The summed E-state index contributed by atoms with van der Waals surface area (Å²) in [6.07, 6.45) is 4.83. The molecular weight excluding hydrogens is 340 g/mol. The van der Waals surface area contributed by atoms with E-state index in [1.807, 2.05) is 42.5 Å². The van der Waals surface area contributed by atoms with E-state index in [4.69, 9.17) is 0 Å². The Morgan fingerprint density at radius 1 is 1.11 bits per heavy atom. The Balaban J connectivity index is 1.65. The molecule has 0 aliphatic carbocycles. The number of hydrogen-bond acceptors (Lipinski definition) is 5. The van der Waals surface area contributed by atoms with Crippen molar-refractivity contribution in [1.29, 1.82) is 0 Å². The summed E-state index contributed by atoms with van der Waals surface area (Å²) in [6, 6.07) is 13.6. The highest BCUT2D eigenvalue weighted by Crippen LogP contribution is 2.31. The van der Waals surface area contributed by atoms with Crippen molar-refractivity contribution in [3.63, 3.8) is 0 Å². The Bertz CT molecular complexity index is 914. The topological polar surface area (TPSA) is 75.9 Å². The van der Waals surface area contributed by atoms with Gasteiger partial charge in [-0.2, -0.15) is 0 Å². The van der Waals surface area contributed by atoms with Crippen LogP contribution in [-0.2, 0) is 6.42 Å². The van der Waals surface area contributed by atoms with Gasteiger partial charge >= 0.3 is 0 Å². The van der Waals surface area contributed by atoms with Crippen LogP contribution in [0.5, 0.6) is 0 Å². The molecule has 1 aromatic heterocycles. The Kier molecular flexibility index (Phi) is 4.82.